The summed E-state index contributed by atoms with van der Waals surface area (Å²) in [6.07, 6.45) is 1.49. The lowest BCUT2D eigenvalue weighted by Gasteiger charge is -2.02. The Morgan fingerprint density at radius 2 is 2.12 bits per heavy atom. The summed E-state index contributed by atoms with van der Waals surface area (Å²) in [5.41, 5.74) is -0.232. The highest BCUT2D eigenvalue weighted by Gasteiger charge is 2.12. The fourth-order valence-electron chi connectivity index (χ4n) is 1.17. The van der Waals surface area contributed by atoms with Gasteiger partial charge in [0, 0.05) is 10.7 Å². The summed E-state index contributed by atoms with van der Waals surface area (Å²) >= 11 is 6.28. The molecule has 2 aromatic rings. The van der Waals surface area contributed by atoms with Crippen LogP contribution in [0.15, 0.2) is 42.7 Å². The van der Waals surface area contributed by atoms with Gasteiger partial charge in [-0.3, -0.25) is 9.59 Å². The highest BCUT2D eigenvalue weighted by molar-refractivity contribution is 9.10. The summed E-state index contributed by atoms with van der Waals surface area (Å²) in [6, 6.07) is 4.61. The van der Waals surface area contributed by atoms with Crippen molar-refractivity contribution >= 4 is 43.5 Å². The molecule has 88 valence electrons. The van der Waals surface area contributed by atoms with E-state index >= 15 is 0 Å². The van der Waals surface area contributed by atoms with Gasteiger partial charge in [0.1, 0.15) is 5.69 Å². The minimum atomic E-state index is -0.487. The van der Waals surface area contributed by atoms with Gasteiger partial charge in [0.05, 0.1) is 0 Å². The number of carbonyl (C=O) groups excluding carboxylic acids is 1. The van der Waals surface area contributed by atoms with Crippen LogP contribution in [-0.4, -0.2) is 10.9 Å². The lowest BCUT2D eigenvalue weighted by molar-refractivity contribution is 0.0995. The Morgan fingerprint density at radius 3 is 2.76 bits per heavy atom. The Balaban J connectivity index is 2.24. The van der Waals surface area contributed by atoms with Crippen LogP contribution < -0.4 is 10.9 Å². The zero-order valence-corrected chi connectivity index (χ0v) is 11.5. The molecule has 0 aliphatic rings. The molecule has 1 amide bonds. The molecule has 2 rings (SSSR count). The third kappa shape index (κ3) is 2.86. The number of aromatic amines is 1. The van der Waals surface area contributed by atoms with E-state index in [1.807, 2.05) is 0 Å². The Hall–Kier alpha value is -1.34. The highest BCUT2D eigenvalue weighted by Crippen LogP contribution is 2.16. The Labute approximate surface area is 112 Å². The van der Waals surface area contributed by atoms with E-state index in [1.165, 1.54) is 18.3 Å². The predicted octanol–water partition coefficient (Wildman–Crippen LogP) is 2.75. The van der Waals surface area contributed by atoms with Gasteiger partial charge in [0.25, 0.3) is 11.5 Å². The predicted molar refractivity (Wildman–Crippen MR) is 69.1 cm³/mol. The monoisotopic (exact) mass is 360 g/mol. The van der Waals surface area contributed by atoms with Gasteiger partial charge in [-0.15, -0.1) is 0 Å². The molecule has 0 aliphatic heterocycles. The van der Waals surface area contributed by atoms with Crippen LogP contribution >= 0.6 is 31.9 Å². The summed E-state index contributed by atoms with van der Waals surface area (Å²) < 4.78 is 6.18. The fraction of sp³-hybridized carbons (Fsp3) is 0. The molecule has 0 radical (unpaired) electrons. The van der Waals surface area contributed by atoms with Gasteiger partial charge in [-0.1, -0.05) is 0 Å². The van der Waals surface area contributed by atoms with Crippen molar-refractivity contribution in [1.82, 2.24) is 4.98 Å². The summed E-state index contributed by atoms with van der Waals surface area (Å²) in [4.78, 5) is 25.6. The molecule has 7 heteroatoms. The largest absolute Gasteiger partial charge is 0.444 e. The number of hydrogen-bond acceptors (Lipinski definition) is 3. The van der Waals surface area contributed by atoms with E-state index in [2.05, 4.69) is 42.2 Å². The van der Waals surface area contributed by atoms with Crippen LogP contribution in [0.25, 0.3) is 0 Å². The van der Waals surface area contributed by atoms with E-state index < -0.39 is 5.91 Å². The first kappa shape index (κ1) is 12.1. The number of halogens is 2. The van der Waals surface area contributed by atoms with Crippen LogP contribution in [0.4, 0.5) is 5.69 Å². The second-order valence-corrected chi connectivity index (χ2v) is 4.82. The first-order chi connectivity index (χ1) is 8.06. The van der Waals surface area contributed by atoms with Crippen molar-refractivity contribution in [2.45, 2.75) is 0 Å². The SMILES string of the molecule is O=C(Nc1cc(Br)c[nH]c1=O)c1ccc(Br)o1. The molecule has 0 fully saturated rings. The van der Waals surface area contributed by atoms with Crippen LogP contribution in [0.1, 0.15) is 10.6 Å². The number of aromatic nitrogens is 1. The summed E-state index contributed by atoms with van der Waals surface area (Å²) in [5.74, 6) is -0.365. The Morgan fingerprint density at radius 1 is 1.35 bits per heavy atom. The average Bonchev–Trinajstić information content (AvgIpc) is 2.70. The van der Waals surface area contributed by atoms with Gasteiger partial charge < -0.3 is 14.7 Å². The van der Waals surface area contributed by atoms with Crippen LogP contribution in [0.3, 0.4) is 0 Å². The van der Waals surface area contributed by atoms with Crippen molar-refractivity contribution in [3.8, 4) is 0 Å². The number of anilines is 1. The highest BCUT2D eigenvalue weighted by atomic mass is 79.9. The molecule has 0 saturated heterocycles. The number of furan rings is 1. The molecule has 5 nitrogen and oxygen atoms in total. The van der Waals surface area contributed by atoms with Gasteiger partial charge in [-0.2, -0.15) is 0 Å². The van der Waals surface area contributed by atoms with E-state index in [-0.39, 0.29) is 17.0 Å². The summed E-state index contributed by atoms with van der Waals surface area (Å²) in [6.45, 7) is 0. The number of carbonyl (C=O) groups is 1. The molecular weight excluding hydrogens is 356 g/mol. The fourth-order valence-corrected chi connectivity index (χ4v) is 1.82. The maximum Gasteiger partial charge on any atom is 0.291 e. The smallest absolute Gasteiger partial charge is 0.291 e. The molecule has 0 spiro atoms. The molecule has 0 aromatic carbocycles. The number of amides is 1. The number of hydrogen-bond donors (Lipinski definition) is 2. The first-order valence-electron chi connectivity index (χ1n) is 4.51. The van der Waals surface area contributed by atoms with Crippen LogP contribution in [0.2, 0.25) is 0 Å². The second kappa shape index (κ2) is 4.89. The molecule has 0 unspecified atom stereocenters. The third-order valence-corrected chi connectivity index (χ3v) is 2.80. The molecule has 0 aliphatic carbocycles. The van der Waals surface area contributed by atoms with Gasteiger partial charge in [0.15, 0.2) is 10.4 Å². The van der Waals surface area contributed by atoms with Crippen molar-refractivity contribution in [1.29, 1.82) is 0 Å². The second-order valence-electron chi connectivity index (χ2n) is 3.12. The molecule has 0 saturated carbocycles. The quantitative estimate of drug-likeness (QED) is 0.863. The molecule has 2 N–H and O–H groups in total. The third-order valence-electron chi connectivity index (χ3n) is 1.91. The maximum atomic E-state index is 11.7. The standard InChI is InChI=1S/C10H6Br2N2O3/c11-5-3-6(9(15)13-4-5)14-10(16)7-1-2-8(12)17-7/h1-4H,(H,13,15)(H,14,16). The van der Waals surface area contributed by atoms with Gasteiger partial charge >= 0.3 is 0 Å². The first-order valence-corrected chi connectivity index (χ1v) is 6.10. The van der Waals surface area contributed by atoms with Crippen LogP contribution in [0, 0.1) is 0 Å². The summed E-state index contributed by atoms with van der Waals surface area (Å²) in [7, 11) is 0. The topological polar surface area (TPSA) is 75.1 Å². The Kier molecular flexibility index (Phi) is 3.49. The number of nitrogens with one attached hydrogen (secondary N) is 2. The number of rotatable bonds is 2. The Bertz CT molecular complexity index is 618. The minimum Gasteiger partial charge on any atom is -0.444 e. The maximum absolute atomic E-state index is 11.7. The van der Waals surface area contributed by atoms with E-state index in [0.717, 1.165) is 0 Å². The molecule has 0 bridgehead atoms. The van der Waals surface area contributed by atoms with E-state index in [1.54, 1.807) is 6.07 Å². The lowest BCUT2D eigenvalue weighted by Crippen LogP contribution is -2.19. The van der Waals surface area contributed by atoms with Crippen molar-refractivity contribution in [3.05, 3.63) is 49.7 Å². The molecule has 2 heterocycles. The average molecular weight is 362 g/mol. The molecule has 17 heavy (non-hydrogen) atoms. The number of pyridine rings is 1. The molecule has 0 atom stereocenters. The number of H-pyrrole nitrogens is 1. The van der Waals surface area contributed by atoms with Crippen LogP contribution in [0.5, 0.6) is 0 Å². The molecular formula is C10H6Br2N2O3. The van der Waals surface area contributed by atoms with Crippen molar-refractivity contribution in [2.75, 3.05) is 5.32 Å². The van der Waals surface area contributed by atoms with Gasteiger partial charge in [-0.25, -0.2) is 0 Å². The minimum absolute atomic E-state index is 0.122. The molecule has 2 aromatic heterocycles. The summed E-state index contributed by atoms with van der Waals surface area (Å²) in [5, 5.41) is 2.45. The van der Waals surface area contributed by atoms with Gasteiger partial charge in [-0.05, 0) is 50.1 Å². The van der Waals surface area contributed by atoms with Crippen molar-refractivity contribution < 1.29 is 9.21 Å². The zero-order chi connectivity index (χ0) is 12.4. The normalized spacial score (nSPS) is 10.2. The van der Waals surface area contributed by atoms with E-state index in [9.17, 15) is 9.59 Å². The van der Waals surface area contributed by atoms with Crippen molar-refractivity contribution in [2.24, 2.45) is 0 Å². The van der Waals surface area contributed by atoms with E-state index in [0.29, 0.717) is 9.14 Å². The van der Waals surface area contributed by atoms with Crippen molar-refractivity contribution in [3.63, 3.8) is 0 Å². The van der Waals surface area contributed by atoms with E-state index in [4.69, 9.17) is 4.42 Å². The zero-order valence-electron chi connectivity index (χ0n) is 8.29. The van der Waals surface area contributed by atoms with Gasteiger partial charge in [0.2, 0.25) is 0 Å². The lowest BCUT2D eigenvalue weighted by atomic mass is 10.3. The van der Waals surface area contributed by atoms with Crippen LogP contribution in [-0.2, 0) is 0 Å².